The molecule has 0 saturated heterocycles. The van der Waals surface area contributed by atoms with E-state index in [0.29, 0.717) is 0 Å². The minimum atomic E-state index is 1.16. The third-order valence-electron chi connectivity index (χ3n) is 24.5. The van der Waals surface area contributed by atoms with E-state index in [2.05, 4.69) is 467 Å². The summed E-state index contributed by atoms with van der Waals surface area (Å²) in [6.45, 7) is 0. The van der Waals surface area contributed by atoms with Crippen LogP contribution < -0.4 is 0 Å². The molecule has 24 aromatic rings. The quantitative estimate of drug-likeness (QED) is 0.115. The maximum absolute atomic E-state index is 2.44. The van der Waals surface area contributed by atoms with Gasteiger partial charge in [0.1, 0.15) is 0 Å². The Kier molecular flexibility index (Phi) is 16.2. The minimum absolute atomic E-state index is 1.16. The second-order valence-corrected chi connectivity index (χ2v) is 31.1. The Labute approximate surface area is 682 Å². The molecule has 0 aliphatic heterocycles. The van der Waals surface area contributed by atoms with Crippen LogP contribution >= 0.6 is 0 Å². The van der Waals surface area contributed by atoms with Gasteiger partial charge in [-0.25, -0.2) is 0 Å². The van der Waals surface area contributed by atoms with E-state index in [9.17, 15) is 0 Å². The average Bonchev–Trinajstić information content (AvgIpc) is 1.41. The summed E-state index contributed by atoms with van der Waals surface area (Å²) in [5.41, 5.74) is 31.4. The molecule has 0 aliphatic carbocycles. The van der Waals surface area contributed by atoms with E-state index >= 15 is 0 Å². The average molecular weight is 1500 g/mol. The molecule has 4 heterocycles. The normalized spacial score (nSPS) is 11.7. The number of hydrogen-bond acceptors (Lipinski definition) is 0. The van der Waals surface area contributed by atoms with Gasteiger partial charge < -0.3 is 18.3 Å². The van der Waals surface area contributed by atoms with E-state index < -0.39 is 0 Å². The van der Waals surface area contributed by atoms with Gasteiger partial charge in [-0.05, 0) is 232 Å². The zero-order chi connectivity index (χ0) is 77.7. The van der Waals surface area contributed by atoms with E-state index in [4.69, 9.17) is 0 Å². The van der Waals surface area contributed by atoms with E-state index in [1.165, 1.54) is 214 Å². The first-order valence-electron chi connectivity index (χ1n) is 40.7. The molecule has 0 atom stereocenters. The lowest BCUT2D eigenvalue weighted by Crippen LogP contribution is -1.94. The van der Waals surface area contributed by atoms with Gasteiger partial charge in [-0.1, -0.05) is 328 Å². The van der Waals surface area contributed by atoms with Crippen LogP contribution in [-0.2, 0) is 0 Å². The van der Waals surface area contributed by atoms with Crippen molar-refractivity contribution in [3.05, 3.63) is 449 Å². The fourth-order valence-electron chi connectivity index (χ4n) is 18.8. The molecule has 4 heteroatoms. The summed E-state index contributed by atoms with van der Waals surface area (Å²) in [7, 11) is 0. The van der Waals surface area contributed by atoms with E-state index in [1.807, 2.05) is 0 Å². The zero-order valence-corrected chi connectivity index (χ0v) is 64.5. The van der Waals surface area contributed by atoms with Crippen LogP contribution in [0, 0.1) is 0 Å². The van der Waals surface area contributed by atoms with Gasteiger partial charge in [-0.3, -0.25) is 0 Å². The van der Waals surface area contributed by atoms with Gasteiger partial charge in [-0.2, -0.15) is 0 Å². The third-order valence-corrected chi connectivity index (χ3v) is 24.5. The first-order valence-corrected chi connectivity index (χ1v) is 40.7. The maximum atomic E-state index is 2.44. The van der Waals surface area contributed by atoms with Crippen molar-refractivity contribution in [2.75, 3.05) is 0 Å². The number of para-hydroxylation sites is 6. The minimum Gasteiger partial charge on any atom is -0.309 e. The Morgan fingerprint density at radius 2 is 0.280 bits per heavy atom. The molecule has 0 saturated carbocycles. The molecule has 0 fully saturated rings. The Morgan fingerprint density at radius 3 is 0.585 bits per heavy atom. The molecule has 0 bridgehead atoms. The highest BCUT2D eigenvalue weighted by molar-refractivity contribution is 6.26. The van der Waals surface area contributed by atoms with Gasteiger partial charge in [0.2, 0.25) is 0 Å². The molecule has 0 spiro atoms. The molecular weight excluding hydrogens is 1430 g/mol. The molecule has 4 aromatic heterocycles. The van der Waals surface area contributed by atoms with Crippen LogP contribution in [0.4, 0.5) is 0 Å². The second-order valence-electron chi connectivity index (χ2n) is 31.1. The van der Waals surface area contributed by atoms with E-state index in [1.54, 1.807) is 0 Å². The standard InChI is InChI=1S/C60H38N2.C54H36N2/c1-2-12-45(13-3-1)61-57-20-10-8-18-52(57)55-36-43(30-34-59(55)61)41-26-22-39(23-27-41)40-24-28-42(29-25-40)44-31-35-60-56(37-44)53-19-9-11-21-58(53)62(60)46-32-33-51-49-16-5-4-14-47(49)48-15-6-7-17-50(48)54(51)38-46;1-3-11-37(12-4-1)40-27-31-46(32-28-40)56-52-18-10-8-16-48(52)50-36-44(30-34-54(50)56)42-25-21-39(22-26-42)38-19-23-41(24-20-38)43-29-33-53-49(35-43)47-15-7-9-17-51(47)55(53)45-13-5-2-6-14-45/h1-38H;1-36H. The molecule has 550 valence electrons. The molecule has 0 unspecified atom stereocenters. The Bertz CT molecular complexity index is 7990. The number of aromatic nitrogens is 4. The van der Waals surface area contributed by atoms with Crippen LogP contribution in [0.25, 0.3) is 220 Å². The molecule has 118 heavy (non-hydrogen) atoms. The molecule has 0 aliphatic rings. The highest BCUT2D eigenvalue weighted by atomic mass is 15.0. The third kappa shape index (κ3) is 11.5. The van der Waals surface area contributed by atoms with Crippen molar-refractivity contribution in [2.24, 2.45) is 0 Å². The van der Waals surface area contributed by atoms with Crippen LogP contribution in [-0.4, -0.2) is 18.3 Å². The monoisotopic (exact) mass is 1500 g/mol. The lowest BCUT2D eigenvalue weighted by molar-refractivity contribution is 1.18. The predicted molar refractivity (Wildman–Crippen MR) is 501 cm³/mol. The van der Waals surface area contributed by atoms with Gasteiger partial charge in [0.05, 0.1) is 44.1 Å². The summed E-state index contributed by atoms with van der Waals surface area (Å²) < 4.78 is 9.55. The number of nitrogens with zero attached hydrogens (tertiary/aromatic N) is 4. The zero-order valence-electron chi connectivity index (χ0n) is 64.5. The van der Waals surface area contributed by atoms with Crippen LogP contribution in [0.2, 0.25) is 0 Å². The van der Waals surface area contributed by atoms with E-state index in [-0.39, 0.29) is 0 Å². The van der Waals surface area contributed by atoms with Crippen molar-refractivity contribution in [2.45, 2.75) is 0 Å². The summed E-state index contributed by atoms with van der Waals surface area (Å²) in [5, 5.41) is 17.8. The van der Waals surface area contributed by atoms with Gasteiger partial charge in [-0.15, -0.1) is 0 Å². The molecule has 0 amide bonds. The lowest BCUT2D eigenvalue weighted by Gasteiger charge is -2.14. The number of rotatable bonds is 11. The largest absolute Gasteiger partial charge is 0.309 e. The van der Waals surface area contributed by atoms with Crippen molar-refractivity contribution in [1.29, 1.82) is 0 Å². The molecule has 24 rings (SSSR count). The number of benzene rings is 20. The van der Waals surface area contributed by atoms with Crippen molar-refractivity contribution < 1.29 is 0 Å². The highest BCUT2D eigenvalue weighted by Gasteiger charge is 2.21. The summed E-state index contributed by atoms with van der Waals surface area (Å²) in [6.07, 6.45) is 0. The molecular formula is C114H74N4. The van der Waals surface area contributed by atoms with E-state index in [0.717, 1.165) is 5.69 Å². The van der Waals surface area contributed by atoms with Gasteiger partial charge in [0.15, 0.2) is 0 Å². The maximum Gasteiger partial charge on any atom is 0.0541 e. The van der Waals surface area contributed by atoms with Crippen molar-refractivity contribution >= 4 is 120 Å². The van der Waals surface area contributed by atoms with Gasteiger partial charge in [0, 0.05) is 65.8 Å². The van der Waals surface area contributed by atoms with Crippen LogP contribution in [0.3, 0.4) is 0 Å². The Morgan fingerprint density at radius 1 is 0.0932 bits per heavy atom. The van der Waals surface area contributed by atoms with Crippen LogP contribution in [0.5, 0.6) is 0 Å². The lowest BCUT2D eigenvalue weighted by atomic mass is 9.94. The van der Waals surface area contributed by atoms with Crippen molar-refractivity contribution in [1.82, 2.24) is 18.3 Å². The molecule has 0 N–H and O–H groups in total. The smallest absolute Gasteiger partial charge is 0.0541 e. The number of fused-ring (bicyclic) bond motifs is 18. The summed E-state index contributed by atoms with van der Waals surface area (Å²) in [5.74, 6) is 0. The predicted octanol–water partition coefficient (Wildman–Crippen LogP) is 30.9. The van der Waals surface area contributed by atoms with Crippen molar-refractivity contribution in [3.8, 4) is 101 Å². The highest BCUT2D eigenvalue weighted by Crippen LogP contribution is 2.44. The summed E-state index contributed by atoms with van der Waals surface area (Å²) >= 11 is 0. The fourth-order valence-corrected chi connectivity index (χ4v) is 18.8. The van der Waals surface area contributed by atoms with Gasteiger partial charge >= 0.3 is 0 Å². The van der Waals surface area contributed by atoms with Crippen LogP contribution in [0.15, 0.2) is 449 Å². The summed E-state index contributed by atoms with van der Waals surface area (Å²) in [6, 6.07) is 164. The first kappa shape index (κ1) is 68.0. The number of hydrogen-bond donors (Lipinski definition) is 0. The molecule has 20 aromatic carbocycles. The SMILES string of the molecule is c1ccc(-c2ccc(-n3c4ccccc4c4cc(-c5ccc(-c6ccc(-c7ccc8c(c7)c7ccccc7n8-c7ccccc7)cc6)cc5)ccc43)cc2)cc1.c1ccc(-n2c3ccccc3c3cc(-c4ccc(-c5ccc(-c6ccc7c(c6)c6ccccc6n7-c6ccc7c8ccccc8c8ccccc8c7c6)cc5)cc4)ccc32)cc1. The Balaban J connectivity index is 0.000000139. The van der Waals surface area contributed by atoms with Crippen LogP contribution in [0.1, 0.15) is 0 Å². The second kappa shape index (κ2) is 28.2. The first-order chi connectivity index (χ1) is 58.5. The van der Waals surface area contributed by atoms with Crippen molar-refractivity contribution in [3.63, 3.8) is 0 Å². The molecule has 4 nitrogen and oxygen atoms in total. The summed E-state index contributed by atoms with van der Waals surface area (Å²) in [4.78, 5) is 0. The topological polar surface area (TPSA) is 19.7 Å². The molecule has 0 radical (unpaired) electrons. The van der Waals surface area contributed by atoms with Gasteiger partial charge in [0.25, 0.3) is 0 Å². The fraction of sp³-hybridized carbons (Fsp3) is 0. The Hall–Kier alpha value is -15.6.